The van der Waals surface area contributed by atoms with E-state index in [1.54, 1.807) is 0 Å². The number of carbonyl (C=O) groups excluding carboxylic acids is 2. The third-order valence-electron chi connectivity index (χ3n) is 3.01. The summed E-state index contributed by atoms with van der Waals surface area (Å²) in [6, 6.07) is -1.52. The highest BCUT2D eigenvalue weighted by Gasteiger charge is 2.37. The lowest BCUT2D eigenvalue weighted by Gasteiger charge is -2.36. The summed E-state index contributed by atoms with van der Waals surface area (Å²) in [6.07, 6.45) is 0. The van der Waals surface area contributed by atoms with Gasteiger partial charge in [0.05, 0.1) is 19.8 Å². The number of carboxylic acids is 1. The monoisotopic (exact) mass is 257 g/mol. The maximum atomic E-state index is 12.2. The van der Waals surface area contributed by atoms with Crippen molar-refractivity contribution >= 4 is 17.8 Å². The first kappa shape index (κ1) is 12.8. The molecule has 2 saturated heterocycles. The summed E-state index contributed by atoms with van der Waals surface area (Å²) in [5, 5.41) is 14.4. The molecule has 0 spiro atoms. The molecule has 0 aromatic rings. The molecule has 18 heavy (non-hydrogen) atoms. The van der Waals surface area contributed by atoms with Crippen LogP contribution in [-0.2, 0) is 19.1 Å². The maximum absolute atomic E-state index is 12.2. The van der Waals surface area contributed by atoms with Crippen molar-refractivity contribution in [2.24, 2.45) is 0 Å². The molecule has 2 amide bonds. The number of hydrogen-bond donors (Lipinski definition) is 3. The predicted molar refractivity (Wildman–Crippen MR) is 58.8 cm³/mol. The van der Waals surface area contributed by atoms with Crippen LogP contribution >= 0.6 is 0 Å². The summed E-state index contributed by atoms with van der Waals surface area (Å²) in [6.45, 7) is 0.830. The fourth-order valence-electron chi connectivity index (χ4n) is 2.01. The normalized spacial score (nSPS) is 28.7. The highest BCUT2D eigenvalue weighted by Crippen LogP contribution is 2.10. The van der Waals surface area contributed by atoms with Crippen LogP contribution in [0.2, 0.25) is 0 Å². The van der Waals surface area contributed by atoms with E-state index in [9.17, 15) is 14.4 Å². The Bertz CT molecular complexity index is 363. The van der Waals surface area contributed by atoms with Crippen LogP contribution in [0.25, 0.3) is 0 Å². The first-order valence-corrected chi connectivity index (χ1v) is 5.70. The number of hydrogen-bond acceptors (Lipinski definition) is 5. The lowest BCUT2D eigenvalue weighted by Crippen LogP contribution is -2.63. The van der Waals surface area contributed by atoms with Crippen LogP contribution in [-0.4, -0.2) is 72.7 Å². The first-order valence-electron chi connectivity index (χ1n) is 5.70. The van der Waals surface area contributed by atoms with Gasteiger partial charge in [-0.1, -0.05) is 0 Å². The summed E-state index contributed by atoms with van der Waals surface area (Å²) >= 11 is 0. The van der Waals surface area contributed by atoms with Gasteiger partial charge in [-0.05, 0) is 0 Å². The molecule has 2 fully saturated rings. The smallest absolute Gasteiger partial charge is 0.328 e. The van der Waals surface area contributed by atoms with Crippen LogP contribution in [0.3, 0.4) is 0 Å². The molecule has 2 rings (SSSR count). The second-order valence-corrected chi connectivity index (χ2v) is 4.20. The number of piperazine rings is 1. The Morgan fingerprint density at radius 2 is 2.22 bits per heavy atom. The Morgan fingerprint density at radius 1 is 1.44 bits per heavy atom. The number of nitrogens with one attached hydrogen (secondary N) is 2. The zero-order valence-electron chi connectivity index (χ0n) is 9.72. The van der Waals surface area contributed by atoms with Crippen LogP contribution in [0.15, 0.2) is 0 Å². The van der Waals surface area contributed by atoms with Gasteiger partial charge in [0.2, 0.25) is 11.8 Å². The van der Waals surface area contributed by atoms with Gasteiger partial charge < -0.3 is 20.1 Å². The van der Waals surface area contributed by atoms with Crippen molar-refractivity contribution in [2.45, 2.75) is 12.1 Å². The second-order valence-electron chi connectivity index (χ2n) is 4.20. The summed E-state index contributed by atoms with van der Waals surface area (Å²) < 4.78 is 5.06. The van der Waals surface area contributed by atoms with Crippen molar-refractivity contribution in [3.05, 3.63) is 0 Å². The quantitative estimate of drug-likeness (QED) is 0.500. The topological polar surface area (TPSA) is 108 Å². The Labute approximate surface area is 103 Å². The van der Waals surface area contributed by atoms with Gasteiger partial charge >= 0.3 is 5.97 Å². The van der Waals surface area contributed by atoms with Gasteiger partial charge in [-0.3, -0.25) is 14.9 Å². The van der Waals surface area contributed by atoms with E-state index in [1.807, 2.05) is 0 Å². The van der Waals surface area contributed by atoms with Crippen molar-refractivity contribution in [3.63, 3.8) is 0 Å². The van der Waals surface area contributed by atoms with Gasteiger partial charge in [0, 0.05) is 13.1 Å². The molecule has 0 aromatic heterocycles. The van der Waals surface area contributed by atoms with Gasteiger partial charge in [-0.15, -0.1) is 0 Å². The standard InChI is InChI=1S/C10H15N3O5/c14-8-4-11-6(3-12-8)9(15)13-1-2-18-5-7(13)10(16)17/h6-7,11H,1-5H2,(H,12,14)(H,16,17). The highest BCUT2D eigenvalue weighted by molar-refractivity contribution is 5.89. The van der Waals surface area contributed by atoms with Crippen molar-refractivity contribution in [3.8, 4) is 0 Å². The van der Waals surface area contributed by atoms with Crippen molar-refractivity contribution in [1.29, 1.82) is 0 Å². The number of carbonyl (C=O) groups is 3. The zero-order chi connectivity index (χ0) is 13.1. The molecule has 100 valence electrons. The van der Waals surface area contributed by atoms with Crippen molar-refractivity contribution in [2.75, 3.05) is 32.8 Å². The summed E-state index contributed by atoms with van der Waals surface area (Å²) in [7, 11) is 0. The Balaban J connectivity index is 2.02. The molecular weight excluding hydrogens is 242 g/mol. The number of aliphatic carboxylic acids is 1. The predicted octanol–water partition coefficient (Wildman–Crippen LogP) is -2.61. The van der Waals surface area contributed by atoms with Gasteiger partial charge in [0.15, 0.2) is 6.04 Å². The molecule has 0 saturated carbocycles. The van der Waals surface area contributed by atoms with Crippen molar-refractivity contribution < 1.29 is 24.2 Å². The molecule has 2 heterocycles. The molecule has 2 unspecified atom stereocenters. The van der Waals surface area contributed by atoms with E-state index < -0.39 is 18.1 Å². The van der Waals surface area contributed by atoms with Gasteiger partial charge in [-0.25, -0.2) is 4.79 Å². The van der Waals surface area contributed by atoms with E-state index in [1.165, 1.54) is 4.90 Å². The van der Waals surface area contributed by atoms with E-state index in [0.717, 1.165) is 0 Å². The molecule has 0 aromatic carbocycles. The fourth-order valence-corrected chi connectivity index (χ4v) is 2.01. The molecule has 2 aliphatic heterocycles. The minimum atomic E-state index is -1.08. The highest BCUT2D eigenvalue weighted by atomic mass is 16.5. The SMILES string of the molecule is O=C1CNC(C(=O)N2CCOCC2C(=O)O)CN1. The van der Waals surface area contributed by atoms with Gasteiger partial charge in [-0.2, -0.15) is 0 Å². The number of rotatable bonds is 2. The number of morpholine rings is 1. The minimum absolute atomic E-state index is 0.000151. The average Bonchev–Trinajstić information content (AvgIpc) is 2.39. The van der Waals surface area contributed by atoms with Gasteiger partial charge in [0.1, 0.15) is 6.04 Å². The molecule has 8 nitrogen and oxygen atoms in total. The number of ether oxygens (including phenoxy) is 1. The maximum Gasteiger partial charge on any atom is 0.328 e. The Morgan fingerprint density at radius 3 is 2.83 bits per heavy atom. The van der Waals surface area contributed by atoms with Crippen LogP contribution in [0, 0.1) is 0 Å². The fraction of sp³-hybridized carbons (Fsp3) is 0.700. The first-order chi connectivity index (χ1) is 8.59. The van der Waals surface area contributed by atoms with Crippen LogP contribution in [0.1, 0.15) is 0 Å². The molecule has 0 aliphatic carbocycles. The van der Waals surface area contributed by atoms with Gasteiger partial charge in [0.25, 0.3) is 0 Å². The van der Waals surface area contributed by atoms with Crippen molar-refractivity contribution in [1.82, 2.24) is 15.5 Å². The number of carboxylic acid groups (broad SMARTS) is 1. The van der Waals surface area contributed by atoms with E-state index in [2.05, 4.69) is 10.6 Å². The number of amides is 2. The van der Waals surface area contributed by atoms with E-state index in [0.29, 0.717) is 6.61 Å². The lowest BCUT2D eigenvalue weighted by atomic mass is 10.1. The molecule has 0 bridgehead atoms. The third-order valence-corrected chi connectivity index (χ3v) is 3.01. The van der Waals surface area contributed by atoms with Crippen LogP contribution in [0.4, 0.5) is 0 Å². The molecule has 2 atom stereocenters. The van der Waals surface area contributed by atoms with E-state index >= 15 is 0 Å². The van der Waals surface area contributed by atoms with E-state index in [-0.39, 0.29) is 38.1 Å². The minimum Gasteiger partial charge on any atom is -0.480 e. The van der Waals surface area contributed by atoms with Crippen LogP contribution in [0.5, 0.6) is 0 Å². The Kier molecular flexibility index (Phi) is 3.78. The number of nitrogens with zero attached hydrogens (tertiary/aromatic N) is 1. The summed E-state index contributed by atoms with van der Waals surface area (Å²) in [5.41, 5.74) is 0. The van der Waals surface area contributed by atoms with E-state index in [4.69, 9.17) is 9.84 Å². The molecule has 3 N–H and O–H groups in total. The zero-order valence-corrected chi connectivity index (χ0v) is 9.72. The summed E-state index contributed by atoms with van der Waals surface area (Å²) in [4.78, 5) is 35.5. The Hall–Kier alpha value is -1.67. The molecular formula is C10H15N3O5. The summed E-state index contributed by atoms with van der Waals surface area (Å²) in [5.74, 6) is -1.57. The third kappa shape index (κ3) is 2.59. The molecule has 0 radical (unpaired) electrons. The molecule has 8 heteroatoms. The largest absolute Gasteiger partial charge is 0.480 e. The molecule has 2 aliphatic rings. The van der Waals surface area contributed by atoms with Crippen LogP contribution < -0.4 is 10.6 Å². The average molecular weight is 257 g/mol. The second kappa shape index (κ2) is 5.32. The lowest BCUT2D eigenvalue weighted by molar-refractivity contribution is -0.159.